The minimum atomic E-state index is 1.25. The number of likely N-dealkylation sites (tertiary alicyclic amines) is 1. The van der Waals surface area contributed by atoms with Gasteiger partial charge in [-0.3, -0.25) is 0 Å². The number of hydrogen-bond donors (Lipinski definition) is 0. The smallest absolute Gasteiger partial charge is 0.000665 e. The summed E-state index contributed by atoms with van der Waals surface area (Å²) in [6.07, 6.45) is 2.67. The molecule has 1 heterocycles. The van der Waals surface area contributed by atoms with Gasteiger partial charge in [0.15, 0.2) is 0 Å². The first-order valence-corrected chi connectivity index (χ1v) is 4.07. The van der Waals surface area contributed by atoms with Gasteiger partial charge >= 0.3 is 0 Å². The van der Waals surface area contributed by atoms with Crippen LogP contribution in [-0.2, 0) is 0 Å². The van der Waals surface area contributed by atoms with E-state index < -0.39 is 0 Å². The van der Waals surface area contributed by atoms with Gasteiger partial charge in [-0.05, 0) is 26.1 Å². The van der Waals surface area contributed by atoms with Crippen LogP contribution in [0.1, 0.15) is 33.6 Å². The molecule has 0 aromatic carbocycles. The molecule has 0 N–H and O–H groups in total. The third-order valence-electron chi connectivity index (χ3n) is 1.40. The summed E-state index contributed by atoms with van der Waals surface area (Å²) in [6, 6.07) is 0. The molecule has 0 bridgehead atoms. The zero-order valence-corrected chi connectivity index (χ0v) is 6.98. The fourth-order valence-corrected chi connectivity index (χ4v) is 0.698. The van der Waals surface area contributed by atoms with Crippen molar-refractivity contribution < 1.29 is 0 Å². The van der Waals surface area contributed by atoms with Crippen LogP contribution in [0.3, 0.4) is 0 Å². The SMILES string of the molecule is CCC.CCN1CCC1. The molecule has 1 rings (SSSR count). The van der Waals surface area contributed by atoms with Crippen molar-refractivity contribution in [3.63, 3.8) is 0 Å². The maximum absolute atomic E-state index is 2.43. The quantitative estimate of drug-likeness (QED) is 0.524. The summed E-state index contributed by atoms with van der Waals surface area (Å²) in [7, 11) is 0. The Labute approximate surface area is 59.1 Å². The highest BCUT2D eigenvalue weighted by Gasteiger charge is 2.08. The first-order valence-electron chi connectivity index (χ1n) is 4.07. The van der Waals surface area contributed by atoms with Crippen LogP contribution in [0.4, 0.5) is 0 Å². The van der Waals surface area contributed by atoms with E-state index in [0.717, 1.165) is 0 Å². The second-order valence-corrected chi connectivity index (χ2v) is 2.49. The van der Waals surface area contributed by atoms with Gasteiger partial charge in [-0.2, -0.15) is 0 Å². The molecule has 56 valence electrons. The average Bonchev–Trinajstić information content (AvgIpc) is 1.64. The Morgan fingerprint density at radius 1 is 1.11 bits per heavy atom. The van der Waals surface area contributed by atoms with Crippen LogP contribution >= 0.6 is 0 Å². The predicted molar refractivity (Wildman–Crippen MR) is 42.7 cm³/mol. The predicted octanol–water partition coefficient (Wildman–Crippen LogP) is 2.13. The topological polar surface area (TPSA) is 3.24 Å². The summed E-state index contributed by atoms with van der Waals surface area (Å²) in [6.45, 7) is 10.4. The highest BCUT2D eigenvalue weighted by Crippen LogP contribution is 2.02. The van der Waals surface area contributed by atoms with Crippen molar-refractivity contribution in [3.8, 4) is 0 Å². The van der Waals surface area contributed by atoms with Gasteiger partial charge in [-0.15, -0.1) is 0 Å². The Morgan fingerprint density at radius 2 is 1.56 bits per heavy atom. The maximum Gasteiger partial charge on any atom is -0.000665 e. The summed E-state index contributed by atoms with van der Waals surface area (Å²) in [5.41, 5.74) is 0. The van der Waals surface area contributed by atoms with Crippen LogP contribution in [0.15, 0.2) is 0 Å². The normalized spacial score (nSPS) is 17.7. The van der Waals surface area contributed by atoms with Crippen molar-refractivity contribution in [3.05, 3.63) is 0 Å². The first-order chi connectivity index (χ1) is 4.35. The fourth-order valence-electron chi connectivity index (χ4n) is 0.698. The summed E-state index contributed by atoms with van der Waals surface area (Å²) in [4.78, 5) is 2.43. The standard InChI is InChI=1S/C5H11N.C3H8/c1-2-6-4-3-5-6;1-3-2/h2-5H2,1H3;3H2,1-2H3. The van der Waals surface area contributed by atoms with Gasteiger partial charge in [0, 0.05) is 0 Å². The van der Waals surface area contributed by atoms with E-state index in [1.807, 2.05) is 0 Å². The van der Waals surface area contributed by atoms with Crippen LogP contribution in [0, 0.1) is 0 Å². The Kier molecular flexibility index (Phi) is 6.06. The second-order valence-electron chi connectivity index (χ2n) is 2.49. The average molecular weight is 129 g/mol. The summed E-state index contributed by atoms with van der Waals surface area (Å²) < 4.78 is 0. The largest absolute Gasteiger partial charge is 0.304 e. The van der Waals surface area contributed by atoms with E-state index >= 15 is 0 Å². The van der Waals surface area contributed by atoms with Gasteiger partial charge in [-0.25, -0.2) is 0 Å². The molecular weight excluding hydrogens is 110 g/mol. The molecule has 1 aliphatic rings. The molecule has 1 heteroatoms. The number of hydrogen-bond acceptors (Lipinski definition) is 1. The molecule has 0 spiro atoms. The van der Waals surface area contributed by atoms with Crippen LogP contribution in [0.5, 0.6) is 0 Å². The summed E-state index contributed by atoms with van der Waals surface area (Å²) >= 11 is 0. The molecule has 9 heavy (non-hydrogen) atoms. The van der Waals surface area contributed by atoms with Gasteiger partial charge in [-0.1, -0.05) is 27.2 Å². The molecule has 0 saturated carbocycles. The Morgan fingerprint density at radius 3 is 1.56 bits per heavy atom. The monoisotopic (exact) mass is 129 g/mol. The zero-order chi connectivity index (χ0) is 7.11. The van der Waals surface area contributed by atoms with Gasteiger partial charge in [0.2, 0.25) is 0 Å². The van der Waals surface area contributed by atoms with Crippen molar-refractivity contribution in [2.45, 2.75) is 33.6 Å². The van der Waals surface area contributed by atoms with E-state index in [0.29, 0.717) is 0 Å². The molecule has 0 aliphatic carbocycles. The van der Waals surface area contributed by atoms with E-state index in [4.69, 9.17) is 0 Å². The fraction of sp³-hybridized carbons (Fsp3) is 1.00. The number of nitrogens with zero attached hydrogens (tertiary/aromatic N) is 1. The lowest BCUT2D eigenvalue weighted by molar-refractivity contribution is 0.192. The summed E-state index contributed by atoms with van der Waals surface area (Å²) in [5.74, 6) is 0. The molecule has 1 aliphatic heterocycles. The maximum atomic E-state index is 2.43. The van der Waals surface area contributed by atoms with Crippen molar-refractivity contribution in [1.82, 2.24) is 4.90 Å². The van der Waals surface area contributed by atoms with Crippen LogP contribution in [-0.4, -0.2) is 24.5 Å². The summed E-state index contributed by atoms with van der Waals surface area (Å²) in [5, 5.41) is 0. The Hall–Kier alpha value is -0.0400. The van der Waals surface area contributed by atoms with E-state index in [1.165, 1.54) is 32.5 Å². The van der Waals surface area contributed by atoms with E-state index in [9.17, 15) is 0 Å². The van der Waals surface area contributed by atoms with E-state index in [-0.39, 0.29) is 0 Å². The van der Waals surface area contributed by atoms with Gasteiger partial charge < -0.3 is 4.90 Å². The minimum Gasteiger partial charge on any atom is -0.304 e. The second kappa shape index (κ2) is 6.09. The number of rotatable bonds is 1. The Bertz CT molecular complexity index is 45.8. The van der Waals surface area contributed by atoms with Gasteiger partial charge in [0.25, 0.3) is 0 Å². The van der Waals surface area contributed by atoms with Crippen LogP contribution in [0.25, 0.3) is 0 Å². The molecule has 0 aromatic heterocycles. The molecule has 0 amide bonds. The molecular formula is C8H19N. The van der Waals surface area contributed by atoms with E-state index in [2.05, 4.69) is 25.7 Å². The van der Waals surface area contributed by atoms with Crippen molar-refractivity contribution >= 4 is 0 Å². The lowest BCUT2D eigenvalue weighted by Gasteiger charge is -2.28. The van der Waals surface area contributed by atoms with Crippen LogP contribution in [0.2, 0.25) is 0 Å². The third kappa shape index (κ3) is 4.46. The first kappa shape index (κ1) is 8.96. The lowest BCUT2D eigenvalue weighted by Crippen LogP contribution is -2.36. The molecule has 0 radical (unpaired) electrons. The van der Waals surface area contributed by atoms with Crippen molar-refractivity contribution in [2.75, 3.05) is 19.6 Å². The zero-order valence-electron chi connectivity index (χ0n) is 6.98. The highest BCUT2D eigenvalue weighted by atomic mass is 15.2. The van der Waals surface area contributed by atoms with Crippen molar-refractivity contribution in [1.29, 1.82) is 0 Å². The molecule has 1 fully saturated rings. The third-order valence-corrected chi connectivity index (χ3v) is 1.40. The molecule has 1 saturated heterocycles. The van der Waals surface area contributed by atoms with Gasteiger partial charge in [0.1, 0.15) is 0 Å². The molecule has 0 unspecified atom stereocenters. The van der Waals surface area contributed by atoms with E-state index in [1.54, 1.807) is 0 Å². The van der Waals surface area contributed by atoms with Crippen LogP contribution < -0.4 is 0 Å². The molecule has 0 atom stereocenters. The Balaban J connectivity index is 0.000000187. The molecule has 0 aromatic rings. The highest BCUT2D eigenvalue weighted by molar-refractivity contribution is 4.64. The molecule has 1 nitrogen and oxygen atoms in total. The van der Waals surface area contributed by atoms with Gasteiger partial charge in [0.05, 0.1) is 0 Å². The minimum absolute atomic E-state index is 1.25. The lowest BCUT2D eigenvalue weighted by atomic mass is 10.2. The van der Waals surface area contributed by atoms with Crippen molar-refractivity contribution in [2.24, 2.45) is 0 Å².